The Kier molecular flexibility index (Phi) is 3.02. The molecule has 0 aliphatic carbocycles. The van der Waals surface area contributed by atoms with Crippen LogP contribution in [-0.2, 0) is 11.1 Å². The van der Waals surface area contributed by atoms with Crippen LogP contribution >= 0.6 is 11.3 Å². The summed E-state index contributed by atoms with van der Waals surface area (Å²) in [5, 5.41) is 0.482. The van der Waals surface area contributed by atoms with Crippen LogP contribution in [0.2, 0.25) is 0 Å². The molecule has 0 radical (unpaired) electrons. The maximum atomic E-state index is 11.2. The molecular formula is C10H11NO2S2. The van der Waals surface area contributed by atoms with Crippen molar-refractivity contribution in [1.29, 1.82) is 0 Å². The molecule has 0 saturated heterocycles. The van der Waals surface area contributed by atoms with Crippen molar-refractivity contribution in [1.82, 2.24) is 4.98 Å². The Balaban J connectivity index is 2.34. The molecule has 1 aromatic heterocycles. The Morgan fingerprint density at radius 1 is 1.53 bits per heavy atom. The SMILES string of the molecule is CCS(=O)Oc1nc2ccc(C)cc2s1. The molecule has 2 rings (SSSR count). The van der Waals surface area contributed by atoms with E-state index in [-0.39, 0.29) is 0 Å². The van der Waals surface area contributed by atoms with E-state index in [1.165, 1.54) is 16.9 Å². The van der Waals surface area contributed by atoms with Crippen molar-refractivity contribution >= 4 is 32.6 Å². The second-order valence-electron chi connectivity index (χ2n) is 3.13. The third-order valence-electron chi connectivity index (χ3n) is 1.92. The van der Waals surface area contributed by atoms with Gasteiger partial charge in [0.25, 0.3) is 5.19 Å². The molecule has 5 heteroatoms. The van der Waals surface area contributed by atoms with Gasteiger partial charge >= 0.3 is 0 Å². The fourth-order valence-electron chi connectivity index (χ4n) is 1.18. The van der Waals surface area contributed by atoms with Crippen LogP contribution in [0.4, 0.5) is 0 Å². The molecule has 0 aliphatic heterocycles. The van der Waals surface area contributed by atoms with Gasteiger partial charge in [-0.25, -0.2) is 9.19 Å². The number of rotatable bonds is 3. The number of aromatic nitrogens is 1. The maximum Gasteiger partial charge on any atom is 0.289 e. The second kappa shape index (κ2) is 4.28. The number of hydrogen-bond acceptors (Lipinski definition) is 4. The van der Waals surface area contributed by atoms with Gasteiger partial charge in [0.2, 0.25) is 11.1 Å². The van der Waals surface area contributed by atoms with E-state index in [2.05, 4.69) is 11.1 Å². The van der Waals surface area contributed by atoms with E-state index in [1.807, 2.05) is 26.0 Å². The zero-order valence-corrected chi connectivity index (χ0v) is 10.2. The number of nitrogens with zero attached hydrogens (tertiary/aromatic N) is 1. The van der Waals surface area contributed by atoms with E-state index in [0.717, 1.165) is 10.2 Å². The molecule has 0 bridgehead atoms. The van der Waals surface area contributed by atoms with E-state index in [0.29, 0.717) is 10.9 Å². The Bertz CT molecular complexity index is 507. The van der Waals surface area contributed by atoms with Crippen LogP contribution in [0.25, 0.3) is 10.2 Å². The van der Waals surface area contributed by atoms with Crippen LogP contribution in [0.15, 0.2) is 18.2 Å². The number of benzene rings is 1. The second-order valence-corrected chi connectivity index (χ2v) is 5.47. The van der Waals surface area contributed by atoms with Gasteiger partial charge in [0, 0.05) is 0 Å². The van der Waals surface area contributed by atoms with Gasteiger partial charge in [-0.05, 0) is 24.6 Å². The predicted molar refractivity (Wildman–Crippen MR) is 63.7 cm³/mol. The first-order valence-electron chi connectivity index (χ1n) is 4.63. The van der Waals surface area contributed by atoms with Crippen LogP contribution in [-0.4, -0.2) is 14.9 Å². The molecule has 0 fully saturated rings. The minimum Gasteiger partial charge on any atom is -0.369 e. The molecule has 1 aromatic carbocycles. The lowest BCUT2D eigenvalue weighted by atomic mass is 10.2. The highest BCUT2D eigenvalue weighted by Gasteiger charge is 2.07. The van der Waals surface area contributed by atoms with Gasteiger partial charge in [0.1, 0.15) is 0 Å². The largest absolute Gasteiger partial charge is 0.369 e. The average molecular weight is 241 g/mol. The van der Waals surface area contributed by atoms with Gasteiger partial charge < -0.3 is 4.18 Å². The van der Waals surface area contributed by atoms with Crippen LogP contribution in [0, 0.1) is 6.92 Å². The van der Waals surface area contributed by atoms with Gasteiger partial charge in [-0.1, -0.05) is 24.3 Å². The fourth-order valence-corrected chi connectivity index (χ4v) is 2.66. The molecule has 80 valence electrons. The van der Waals surface area contributed by atoms with Gasteiger partial charge in [-0.2, -0.15) is 0 Å². The quantitative estimate of drug-likeness (QED) is 0.829. The first-order valence-corrected chi connectivity index (χ1v) is 6.69. The molecule has 3 nitrogen and oxygen atoms in total. The molecule has 0 saturated carbocycles. The van der Waals surface area contributed by atoms with E-state index in [9.17, 15) is 4.21 Å². The molecule has 0 aliphatic rings. The smallest absolute Gasteiger partial charge is 0.289 e. The monoisotopic (exact) mass is 241 g/mol. The summed E-state index contributed by atoms with van der Waals surface area (Å²) in [6.45, 7) is 3.84. The van der Waals surface area contributed by atoms with Gasteiger partial charge in [-0.3, -0.25) is 0 Å². The van der Waals surface area contributed by atoms with Crippen LogP contribution in [0.3, 0.4) is 0 Å². The number of aryl methyl sites for hydroxylation is 1. The van der Waals surface area contributed by atoms with Crippen molar-refractivity contribution in [2.75, 3.05) is 5.75 Å². The van der Waals surface area contributed by atoms with Crippen molar-refractivity contribution in [3.63, 3.8) is 0 Å². The van der Waals surface area contributed by atoms with Crippen LogP contribution in [0.5, 0.6) is 5.19 Å². The van der Waals surface area contributed by atoms with E-state index < -0.39 is 11.1 Å². The molecule has 2 aromatic rings. The first-order chi connectivity index (χ1) is 7.19. The maximum absolute atomic E-state index is 11.2. The van der Waals surface area contributed by atoms with Gasteiger partial charge in [0.05, 0.1) is 16.0 Å². The summed E-state index contributed by atoms with van der Waals surface area (Å²) >= 11 is 0.167. The summed E-state index contributed by atoms with van der Waals surface area (Å²) in [5.74, 6) is 0.481. The summed E-state index contributed by atoms with van der Waals surface area (Å²) in [6, 6.07) is 6.00. The molecule has 1 unspecified atom stereocenters. The fraction of sp³-hybridized carbons (Fsp3) is 0.300. The summed E-state index contributed by atoms with van der Waals surface area (Å²) < 4.78 is 17.4. The Hall–Kier alpha value is -0.940. The van der Waals surface area contributed by atoms with Crippen molar-refractivity contribution in [3.05, 3.63) is 23.8 Å². The van der Waals surface area contributed by atoms with Crippen LogP contribution in [0.1, 0.15) is 12.5 Å². The molecule has 15 heavy (non-hydrogen) atoms. The Morgan fingerprint density at radius 3 is 3.07 bits per heavy atom. The highest BCUT2D eigenvalue weighted by Crippen LogP contribution is 2.28. The molecule has 1 atom stereocenters. The van der Waals surface area contributed by atoms with E-state index in [1.54, 1.807) is 0 Å². The third-order valence-corrected chi connectivity index (χ3v) is 3.74. The lowest BCUT2D eigenvalue weighted by Crippen LogP contribution is -2.01. The minimum atomic E-state index is -1.26. The average Bonchev–Trinajstić information content (AvgIpc) is 2.59. The summed E-state index contributed by atoms with van der Waals surface area (Å²) in [5.41, 5.74) is 2.09. The van der Waals surface area contributed by atoms with E-state index in [4.69, 9.17) is 4.18 Å². The molecular weight excluding hydrogens is 230 g/mol. The van der Waals surface area contributed by atoms with Gasteiger partial charge in [-0.15, -0.1) is 0 Å². The highest BCUT2D eigenvalue weighted by molar-refractivity contribution is 7.80. The lowest BCUT2D eigenvalue weighted by Gasteiger charge is -1.94. The van der Waals surface area contributed by atoms with Crippen molar-refractivity contribution in [2.45, 2.75) is 13.8 Å². The molecule has 1 heterocycles. The predicted octanol–water partition coefficient (Wildman–Crippen LogP) is 2.67. The summed E-state index contributed by atoms with van der Waals surface area (Å²) in [6.07, 6.45) is 0. The molecule has 0 amide bonds. The minimum absolute atomic E-state index is 0.481. The Morgan fingerprint density at radius 2 is 2.33 bits per heavy atom. The Labute approximate surface area is 94.8 Å². The standard InChI is InChI=1S/C10H11NO2S2/c1-3-15(12)13-10-11-8-5-4-7(2)6-9(8)14-10/h4-6H,3H2,1-2H3. The number of thiazole rings is 1. The van der Waals surface area contributed by atoms with Crippen LogP contribution < -0.4 is 4.18 Å². The highest BCUT2D eigenvalue weighted by atomic mass is 32.2. The van der Waals surface area contributed by atoms with Crippen molar-refractivity contribution < 1.29 is 8.39 Å². The number of hydrogen-bond donors (Lipinski definition) is 0. The van der Waals surface area contributed by atoms with Crippen molar-refractivity contribution in [3.8, 4) is 5.19 Å². The summed E-state index contributed by atoms with van der Waals surface area (Å²) in [7, 11) is 0. The van der Waals surface area contributed by atoms with E-state index >= 15 is 0 Å². The first kappa shape index (κ1) is 10.6. The molecule has 0 spiro atoms. The lowest BCUT2D eigenvalue weighted by molar-refractivity contribution is 0.561. The normalized spacial score (nSPS) is 12.9. The number of fused-ring (bicyclic) bond motifs is 1. The van der Waals surface area contributed by atoms with Crippen molar-refractivity contribution in [2.24, 2.45) is 0 Å². The van der Waals surface area contributed by atoms with Gasteiger partial charge in [0.15, 0.2) is 0 Å². The summed E-state index contributed by atoms with van der Waals surface area (Å²) in [4.78, 5) is 4.24. The topological polar surface area (TPSA) is 39.2 Å². The molecule has 0 N–H and O–H groups in total. The third kappa shape index (κ3) is 2.35. The zero-order valence-electron chi connectivity index (χ0n) is 8.52. The zero-order chi connectivity index (χ0) is 10.8.